The Morgan fingerprint density at radius 2 is 1.61 bits per heavy atom. The van der Waals surface area contributed by atoms with Gasteiger partial charge in [0.2, 0.25) is 11.8 Å². The molecule has 0 spiro atoms. The first-order valence-corrected chi connectivity index (χ1v) is 15.5. The molecule has 0 saturated heterocycles. The van der Waals surface area contributed by atoms with Crippen molar-refractivity contribution in [2.75, 3.05) is 6.54 Å². The monoisotopic (exact) mass is 573 g/mol. The van der Waals surface area contributed by atoms with Gasteiger partial charge in [-0.05, 0) is 48.6 Å². The Hall–Kier alpha value is -3.98. The molecule has 3 amide bonds. The van der Waals surface area contributed by atoms with E-state index in [2.05, 4.69) is 5.32 Å². The summed E-state index contributed by atoms with van der Waals surface area (Å²) in [5, 5.41) is 3.17. The third-order valence-corrected chi connectivity index (χ3v) is 9.86. The molecule has 1 atom stereocenters. The summed E-state index contributed by atoms with van der Waals surface area (Å²) >= 11 is 0. The Bertz CT molecular complexity index is 1530. The fraction of sp³-hybridized carbons (Fsp3) is 0.344. The summed E-state index contributed by atoms with van der Waals surface area (Å²) in [6.45, 7) is 1.83. The van der Waals surface area contributed by atoms with Crippen molar-refractivity contribution in [3.8, 4) is 0 Å². The minimum atomic E-state index is -4.05. The maximum atomic E-state index is 14.0. The molecule has 1 fully saturated rings. The van der Waals surface area contributed by atoms with E-state index in [0.717, 1.165) is 46.7 Å². The molecule has 1 aliphatic heterocycles. The molecule has 5 rings (SSSR count). The van der Waals surface area contributed by atoms with Crippen LogP contribution in [0, 0.1) is 6.92 Å². The van der Waals surface area contributed by atoms with Crippen LogP contribution in [0.2, 0.25) is 0 Å². The summed E-state index contributed by atoms with van der Waals surface area (Å²) in [4.78, 5) is 42.3. The van der Waals surface area contributed by atoms with Gasteiger partial charge in [0.15, 0.2) is 0 Å². The van der Waals surface area contributed by atoms with E-state index in [4.69, 9.17) is 0 Å². The van der Waals surface area contributed by atoms with Crippen LogP contribution in [0.5, 0.6) is 0 Å². The van der Waals surface area contributed by atoms with Gasteiger partial charge in [0.25, 0.3) is 15.9 Å². The number of carbonyl (C=O) groups excluding carboxylic acids is 3. The van der Waals surface area contributed by atoms with Crippen molar-refractivity contribution in [2.45, 2.75) is 69.0 Å². The summed E-state index contributed by atoms with van der Waals surface area (Å²) in [7, 11) is -4.05. The second-order valence-electron chi connectivity index (χ2n) is 10.8. The minimum absolute atomic E-state index is 0.0490. The summed E-state index contributed by atoms with van der Waals surface area (Å²) in [5.74, 6) is -1.26. The number of fused-ring (bicyclic) bond motifs is 1. The van der Waals surface area contributed by atoms with Gasteiger partial charge in [0.1, 0.15) is 10.9 Å². The summed E-state index contributed by atoms with van der Waals surface area (Å²) in [6.07, 6.45) is 3.99. The molecule has 0 radical (unpaired) electrons. The second kappa shape index (κ2) is 12.3. The molecule has 214 valence electrons. The zero-order chi connectivity index (χ0) is 29.0. The molecule has 3 aromatic rings. The minimum Gasteiger partial charge on any atom is -0.352 e. The fourth-order valence-electron chi connectivity index (χ4n) is 5.69. The number of hydrogen-bond acceptors (Lipinski definition) is 5. The number of benzene rings is 3. The lowest BCUT2D eigenvalue weighted by atomic mass is 10.0. The van der Waals surface area contributed by atoms with E-state index in [9.17, 15) is 22.8 Å². The average molecular weight is 574 g/mol. The fourth-order valence-corrected chi connectivity index (χ4v) is 7.26. The van der Waals surface area contributed by atoms with Crippen LogP contribution in [-0.4, -0.2) is 54.0 Å². The molecule has 8 nitrogen and oxygen atoms in total. The quantitative estimate of drug-likeness (QED) is 0.391. The van der Waals surface area contributed by atoms with Gasteiger partial charge in [-0.1, -0.05) is 79.6 Å². The highest BCUT2D eigenvalue weighted by molar-refractivity contribution is 7.90. The normalized spacial score (nSPS) is 16.8. The molecule has 1 aliphatic carbocycles. The summed E-state index contributed by atoms with van der Waals surface area (Å²) in [6, 6.07) is 22.6. The Kier molecular flexibility index (Phi) is 8.54. The highest BCUT2D eigenvalue weighted by atomic mass is 32.2. The van der Waals surface area contributed by atoms with Crippen LogP contribution in [0.15, 0.2) is 83.8 Å². The third kappa shape index (κ3) is 6.20. The Balaban J connectivity index is 1.44. The van der Waals surface area contributed by atoms with Gasteiger partial charge in [0, 0.05) is 32.0 Å². The van der Waals surface area contributed by atoms with Crippen LogP contribution >= 0.6 is 0 Å². The van der Waals surface area contributed by atoms with Gasteiger partial charge >= 0.3 is 0 Å². The predicted octanol–water partition coefficient (Wildman–Crippen LogP) is 4.23. The highest BCUT2D eigenvalue weighted by Crippen LogP contribution is 2.30. The lowest BCUT2D eigenvalue weighted by molar-refractivity contribution is -0.141. The van der Waals surface area contributed by atoms with Gasteiger partial charge in [-0.3, -0.25) is 14.4 Å². The lowest BCUT2D eigenvalue weighted by Crippen LogP contribution is -2.52. The number of sulfonamides is 1. The van der Waals surface area contributed by atoms with Crippen molar-refractivity contribution >= 4 is 27.7 Å². The molecular weight excluding hydrogens is 538 g/mol. The molecule has 1 N–H and O–H groups in total. The maximum Gasteiger partial charge on any atom is 0.269 e. The largest absolute Gasteiger partial charge is 0.352 e. The van der Waals surface area contributed by atoms with E-state index in [1.54, 1.807) is 17.0 Å². The molecule has 0 bridgehead atoms. The Morgan fingerprint density at radius 3 is 2.32 bits per heavy atom. The predicted molar refractivity (Wildman–Crippen MR) is 155 cm³/mol. The zero-order valence-electron chi connectivity index (χ0n) is 23.2. The smallest absolute Gasteiger partial charge is 0.269 e. The van der Waals surface area contributed by atoms with E-state index >= 15 is 0 Å². The molecule has 41 heavy (non-hydrogen) atoms. The summed E-state index contributed by atoms with van der Waals surface area (Å²) in [5.41, 5.74) is 2.89. The third-order valence-electron chi connectivity index (χ3n) is 8.02. The number of rotatable bonds is 10. The molecule has 1 heterocycles. The first kappa shape index (κ1) is 28.5. The number of nitrogens with zero attached hydrogens (tertiary/aromatic N) is 2. The molecule has 2 aliphatic rings. The molecule has 1 saturated carbocycles. The standard InChI is InChI=1S/C32H35N3O5S/c1-23-11-5-6-14-25(23)22-34(28(21-24-12-3-2-4-13-24)31(37)33-26-15-7-8-16-26)30(36)19-20-35-32(38)27-17-9-10-18-29(27)41(35,39)40/h2-6,9-14,17-18,26,28H,7-8,15-16,19-22H2,1H3,(H,33,37). The van der Waals surface area contributed by atoms with Gasteiger partial charge in [-0.15, -0.1) is 0 Å². The van der Waals surface area contributed by atoms with Gasteiger partial charge < -0.3 is 10.2 Å². The van der Waals surface area contributed by atoms with Crippen molar-refractivity contribution in [1.29, 1.82) is 0 Å². The van der Waals surface area contributed by atoms with E-state index in [1.807, 2.05) is 61.5 Å². The van der Waals surface area contributed by atoms with Crippen molar-refractivity contribution in [2.24, 2.45) is 0 Å². The first-order chi connectivity index (χ1) is 19.8. The van der Waals surface area contributed by atoms with Gasteiger partial charge in [0.05, 0.1) is 5.56 Å². The number of nitrogens with one attached hydrogen (secondary N) is 1. The van der Waals surface area contributed by atoms with Crippen molar-refractivity contribution in [3.63, 3.8) is 0 Å². The van der Waals surface area contributed by atoms with E-state index in [0.29, 0.717) is 6.42 Å². The second-order valence-corrected chi connectivity index (χ2v) is 12.6. The van der Waals surface area contributed by atoms with Crippen molar-refractivity contribution < 1.29 is 22.8 Å². The average Bonchev–Trinajstić information content (AvgIpc) is 3.55. The Labute approximate surface area is 241 Å². The zero-order valence-corrected chi connectivity index (χ0v) is 24.0. The molecule has 3 aromatic carbocycles. The van der Waals surface area contributed by atoms with Crippen LogP contribution in [0.4, 0.5) is 0 Å². The van der Waals surface area contributed by atoms with Crippen molar-refractivity contribution in [1.82, 2.24) is 14.5 Å². The number of amides is 3. The molecule has 0 aromatic heterocycles. The summed E-state index contributed by atoms with van der Waals surface area (Å²) < 4.78 is 27.0. The first-order valence-electron chi connectivity index (χ1n) is 14.1. The molecule has 9 heteroatoms. The lowest BCUT2D eigenvalue weighted by Gasteiger charge is -2.33. The van der Waals surface area contributed by atoms with Gasteiger partial charge in [-0.25, -0.2) is 12.7 Å². The highest BCUT2D eigenvalue weighted by Gasteiger charge is 2.41. The number of aryl methyl sites for hydroxylation is 1. The van der Waals surface area contributed by atoms with Gasteiger partial charge in [-0.2, -0.15) is 0 Å². The van der Waals surface area contributed by atoms with Crippen molar-refractivity contribution in [3.05, 3.63) is 101 Å². The SMILES string of the molecule is Cc1ccccc1CN(C(=O)CCN1C(=O)c2ccccc2S1(=O)=O)C(Cc1ccccc1)C(=O)NC1CCCC1. The van der Waals surface area contributed by atoms with Crippen LogP contribution < -0.4 is 5.32 Å². The van der Waals surface area contributed by atoms with Crippen LogP contribution in [0.1, 0.15) is 59.2 Å². The van der Waals surface area contributed by atoms with E-state index in [1.165, 1.54) is 12.1 Å². The number of carbonyl (C=O) groups is 3. The van der Waals surface area contributed by atoms with Crippen LogP contribution in [0.3, 0.4) is 0 Å². The van der Waals surface area contributed by atoms with E-state index < -0.39 is 27.9 Å². The molecular formula is C32H35N3O5S. The maximum absolute atomic E-state index is 14.0. The van der Waals surface area contributed by atoms with Crippen LogP contribution in [0.25, 0.3) is 0 Å². The van der Waals surface area contributed by atoms with Crippen LogP contribution in [-0.2, 0) is 32.6 Å². The topological polar surface area (TPSA) is 104 Å². The number of hydrogen-bond donors (Lipinski definition) is 1. The Morgan fingerprint density at radius 1 is 0.951 bits per heavy atom. The molecule has 1 unspecified atom stereocenters. The van der Waals surface area contributed by atoms with E-state index in [-0.39, 0.29) is 41.9 Å².